The van der Waals surface area contributed by atoms with Crippen molar-refractivity contribution in [2.45, 2.75) is 84.7 Å². The summed E-state index contributed by atoms with van der Waals surface area (Å²) in [5.74, 6) is 0.567. The Morgan fingerprint density at radius 1 is 1.21 bits per heavy atom. The number of rotatable bonds is 7. The van der Waals surface area contributed by atoms with Crippen molar-refractivity contribution in [1.29, 1.82) is 0 Å². The van der Waals surface area contributed by atoms with E-state index in [1.807, 2.05) is 0 Å². The topological polar surface area (TPSA) is 3.24 Å². The third kappa shape index (κ3) is 3.87. The van der Waals surface area contributed by atoms with Gasteiger partial charge in [-0.1, -0.05) is 51.2 Å². The summed E-state index contributed by atoms with van der Waals surface area (Å²) in [6, 6.07) is 0.540. The first-order valence-corrected chi connectivity index (χ1v) is 9.86. The van der Waals surface area contributed by atoms with Gasteiger partial charge in [-0.05, 0) is 69.8 Å². The maximum atomic E-state index is 4.08. The predicted octanol–water partition coefficient (Wildman–Crippen LogP) is 6.65. The molecule has 134 valence electrons. The van der Waals surface area contributed by atoms with E-state index in [0.717, 1.165) is 19.3 Å². The lowest BCUT2D eigenvalue weighted by molar-refractivity contribution is 0.123. The van der Waals surface area contributed by atoms with Gasteiger partial charge in [0.05, 0.1) is 0 Å². The molecular formula is C23H37N. The molecule has 2 aliphatic carbocycles. The first kappa shape index (κ1) is 19.1. The number of hydrogen-bond acceptors (Lipinski definition) is 1. The van der Waals surface area contributed by atoms with Gasteiger partial charge in [-0.3, -0.25) is 0 Å². The van der Waals surface area contributed by atoms with Gasteiger partial charge < -0.3 is 4.90 Å². The highest BCUT2D eigenvalue weighted by atomic mass is 15.2. The molecule has 0 aromatic carbocycles. The molecule has 0 spiro atoms. The number of nitrogens with zero attached hydrogens (tertiary/aromatic N) is 1. The van der Waals surface area contributed by atoms with Crippen LogP contribution in [0, 0.1) is 11.3 Å². The predicted molar refractivity (Wildman–Crippen MR) is 107 cm³/mol. The standard InChI is InChI=1S/C23H37N/c1-7-22(4,5)24(20-13-11-10-12-14-20)21-17-15-19(16-18-21)23(6,8-2)9-3/h8,11,13,15,17-20H,2,7,9-10,12,14,16H2,1,3-6H3. The van der Waals surface area contributed by atoms with Gasteiger partial charge in [0, 0.05) is 17.3 Å². The third-order valence-corrected chi connectivity index (χ3v) is 6.51. The summed E-state index contributed by atoms with van der Waals surface area (Å²) < 4.78 is 0. The zero-order valence-corrected chi connectivity index (χ0v) is 16.5. The molecule has 0 bridgehead atoms. The molecule has 3 atom stereocenters. The SMILES string of the molecule is C=CC(C)(CC)C1C=CC(N(C2C=CCCC2)C(C)(C)CC)=CC1. The molecule has 2 rings (SSSR count). The summed E-state index contributed by atoms with van der Waals surface area (Å²) >= 11 is 0. The van der Waals surface area contributed by atoms with Crippen LogP contribution >= 0.6 is 0 Å². The summed E-state index contributed by atoms with van der Waals surface area (Å²) in [4.78, 5) is 2.67. The van der Waals surface area contributed by atoms with Gasteiger partial charge >= 0.3 is 0 Å². The molecular weight excluding hydrogens is 290 g/mol. The molecule has 0 radical (unpaired) electrons. The Labute approximate surface area is 150 Å². The average molecular weight is 328 g/mol. The van der Waals surface area contributed by atoms with E-state index in [9.17, 15) is 0 Å². The second-order valence-electron chi connectivity index (χ2n) is 8.36. The lowest BCUT2D eigenvalue weighted by Gasteiger charge is -2.47. The van der Waals surface area contributed by atoms with E-state index in [0.29, 0.717) is 12.0 Å². The molecule has 0 N–H and O–H groups in total. The van der Waals surface area contributed by atoms with Crippen LogP contribution in [0.25, 0.3) is 0 Å². The van der Waals surface area contributed by atoms with E-state index in [1.54, 1.807) is 0 Å². The molecule has 1 heteroatoms. The summed E-state index contributed by atoms with van der Waals surface area (Å²) in [7, 11) is 0. The van der Waals surface area contributed by atoms with Crippen LogP contribution in [-0.4, -0.2) is 16.5 Å². The number of allylic oxidation sites excluding steroid dienone is 5. The van der Waals surface area contributed by atoms with Crippen molar-refractivity contribution in [3.05, 3.63) is 48.7 Å². The summed E-state index contributed by atoms with van der Waals surface area (Å²) in [5, 5.41) is 0. The van der Waals surface area contributed by atoms with Gasteiger partial charge in [0.15, 0.2) is 0 Å². The lowest BCUT2D eigenvalue weighted by Crippen LogP contribution is -2.48. The minimum absolute atomic E-state index is 0.182. The Morgan fingerprint density at radius 2 is 1.96 bits per heavy atom. The Bertz CT molecular complexity index is 522. The third-order valence-electron chi connectivity index (χ3n) is 6.51. The van der Waals surface area contributed by atoms with Crippen molar-refractivity contribution in [1.82, 2.24) is 4.90 Å². The molecule has 0 heterocycles. The first-order valence-electron chi connectivity index (χ1n) is 9.86. The van der Waals surface area contributed by atoms with Crippen LogP contribution in [0.1, 0.15) is 73.1 Å². The second-order valence-corrected chi connectivity index (χ2v) is 8.36. The van der Waals surface area contributed by atoms with E-state index >= 15 is 0 Å². The summed E-state index contributed by atoms with van der Waals surface area (Å²) in [5.41, 5.74) is 1.80. The highest BCUT2D eigenvalue weighted by molar-refractivity contribution is 5.28. The van der Waals surface area contributed by atoms with Gasteiger partial charge in [0.2, 0.25) is 0 Å². The Balaban J connectivity index is 2.25. The van der Waals surface area contributed by atoms with E-state index in [2.05, 4.69) is 82.6 Å². The van der Waals surface area contributed by atoms with Crippen LogP contribution < -0.4 is 0 Å². The van der Waals surface area contributed by atoms with Crippen LogP contribution in [0.5, 0.6) is 0 Å². The van der Waals surface area contributed by atoms with E-state index < -0.39 is 0 Å². The van der Waals surface area contributed by atoms with E-state index in [1.165, 1.54) is 25.0 Å². The monoisotopic (exact) mass is 327 g/mol. The fraction of sp³-hybridized carbons (Fsp3) is 0.652. The maximum Gasteiger partial charge on any atom is 0.0478 e. The maximum absolute atomic E-state index is 4.08. The van der Waals surface area contributed by atoms with Gasteiger partial charge in [0.25, 0.3) is 0 Å². The molecule has 0 saturated heterocycles. The highest BCUT2D eigenvalue weighted by Crippen LogP contribution is 2.40. The van der Waals surface area contributed by atoms with Crippen LogP contribution in [0.15, 0.2) is 48.7 Å². The van der Waals surface area contributed by atoms with Crippen LogP contribution in [-0.2, 0) is 0 Å². The van der Waals surface area contributed by atoms with Crippen molar-refractivity contribution < 1.29 is 0 Å². The van der Waals surface area contributed by atoms with Gasteiger partial charge in [-0.25, -0.2) is 0 Å². The molecule has 0 saturated carbocycles. The first-order chi connectivity index (χ1) is 11.4. The summed E-state index contributed by atoms with van der Waals surface area (Å²) in [6.07, 6.45) is 21.5. The molecule has 0 amide bonds. The smallest absolute Gasteiger partial charge is 0.0478 e. The minimum Gasteiger partial charge on any atom is -0.360 e. The molecule has 0 aromatic rings. The van der Waals surface area contributed by atoms with Crippen molar-refractivity contribution in [3.8, 4) is 0 Å². The van der Waals surface area contributed by atoms with Gasteiger partial charge in [-0.15, -0.1) is 6.58 Å². The lowest BCUT2D eigenvalue weighted by atomic mass is 9.72. The molecule has 2 aliphatic rings. The summed E-state index contributed by atoms with van der Waals surface area (Å²) in [6.45, 7) is 15.8. The van der Waals surface area contributed by atoms with Crippen molar-refractivity contribution in [2.75, 3.05) is 0 Å². The fourth-order valence-corrected chi connectivity index (χ4v) is 4.00. The molecule has 1 nitrogen and oxygen atoms in total. The fourth-order valence-electron chi connectivity index (χ4n) is 4.00. The van der Waals surface area contributed by atoms with Crippen molar-refractivity contribution >= 4 is 0 Å². The molecule has 3 unspecified atom stereocenters. The molecule has 0 aromatic heterocycles. The normalized spacial score (nSPS) is 26.6. The molecule has 0 fully saturated rings. The van der Waals surface area contributed by atoms with Gasteiger partial charge in [0.1, 0.15) is 0 Å². The zero-order valence-electron chi connectivity index (χ0n) is 16.5. The zero-order chi connectivity index (χ0) is 17.8. The minimum atomic E-state index is 0.182. The second kappa shape index (κ2) is 7.76. The largest absolute Gasteiger partial charge is 0.360 e. The molecule has 24 heavy (non-hydrogen) atoms. The van der Waals surface area contributed by atoms with Crippen molar-refractivity contribution in [3.63, 3.8) is 0 Å². The van der Waals surface area contributed by atoms with Crippen molar-refractivity contribution in [2.24, 2.45) is 11.3 Å². The number of hydrogen-bond donors (Lipinski definition) is 0. The van der Waals surface area contributed by atoms with Crippen LogP contribution in [0.3, 0.4) is 0 Å². The van der Waals surface area contributed by atoms with E-state index in [-0.39, 0.29) is 11.0 Å². The van der Waals surface area contributed by atoms with Crippen LogP contribution in [0.2, 0.25) is 0 Å². The van der Waals surface area contributed by atoms with Crippen LogP contribution in [0.4, 0.5) is 0 Å². The molecule has 0 aliphatic heterocycles. The van der Waals surface area contributed by atoms with E-state index in [4.69, 9.17) is 0 Å². The highest BCUT2D eigenvalue weighted by Gasteiger charge is 2.34. The Kier molecular flexibility index (Phi) is 6.17. The Hall–Kier alpha value is -1.24. The quantitative estimate of drug-likeness (QED) is 0.473. The average Bonchev–Trinajstić information content (AvgIpc) is 2.62. The van der Waals surface area contributed by atoms with Gasteiger partial charge in [-0.2, -0.15) is 0 Å². The Morgan fingerprint density at radius 3 is 2.42 bits per heavy atom.